The number of aliphatic hydroxyl groups excluding tert-OH is 1. The van der Waals surface area contributed by atoms with Crippen molar-refractivity contribution in [3.05, 3.63) is 101 Å². The van der Waals surface area contributed by atoms with Crippen molar-refractivity contribution in [2.24, 2.45) is 0 Å². The second-order valence-electron chi connectivity index (χ2n) is 11.9. The van der Waals surface area contributed by atoms with Crippen LogP contribution in [0, 0.1) is 30.6 Å². The number of hydrogen-bond donors (Lipinski definition) is 3. The van der Waals surface area contributed by atoms with Gasteiger partial charge in [-0.2, -0.15) is 5.26 Å². The molecule has 9 nitrogen and oxygen atoms in total. The molecule has 0 spiro atoms. The van der Waals surface area contributed by atoms with Crippen LogP contribution in [0.2, 0.25) is 0 Å². The van der Waals surface area contributed by atoms with Crippen molar-refractivity contribution in [1.82, 2.24) is 19.4 Å². The number of nitrogens with one attached hydrogen (secondary N) is 2. The molecule has 0 aliphatic carbocycles. The number of furan rings is 1. The number of aliphatic hydroxyl groups is 1. The van der Waals surface area contributed by atoms with Gasteiger partial charge in [-0.15, -0.1) is 0 Å². The quantitative estimate of drug-likeness (QED) is 0.173. The first-order valence-electron chi connectivity index (χ1n) is 15.6. The van der Waals surface area contributed by atoms with E-state index in [2.05, 4.69) is 59.4 Å². The minimum Gasteiger partial charge on any atom is -0.454 e. The summed E-state index contributed by atoms with van der Waals surface area (Å²) in [6, 6.07) is 20.5. The lowest BCUT2D eigenvalue weighted by molar-refractivity contribution is 0.273. The van der Waals surface area contributed by atoms with Gasteiger partial charge in [0.2, 0.25) is 0 Å². The summed E-state index contributed by atoms with van der Waals surface area (Å²) in [5.41, 5.74) is 9.00. The third-order valence-corrected chi connectivity index (χ3v) is 9.00. The highest BCUT2D eigenvalue weighted by Gasteiger charge is 2.19. The Bertz CT molecular complexity index is 2200. The Morgan fingerprint density at radius 2 is 1.76 bits per heavy atom. The van der Waals surface area contributed by atoms with Gasteiger partial charge in [-0.05, 0) is 91.9 Å². The maximum absolute atomic E-state index is 9.77. The van der Waals surface area contributed by atoms with E-state index in [4.69, 9.17) is 14.8 Å². The first-order chi connectivity index (χ1) is 22.4. The monoisotopic (exact) mass is 609 g/mol. The fourth-order valence-corrected chi connectivity index (χ4v) is 6.56. The molecular weight excluding hydrogens is 574 g/mol. The van der Waals surface area contributed by atoms with Crippen LogP contribution in [0.3, 0.4) is 0 Å². The lowest BCUT2D eigenvalue weighted by atomic mass is 9.92. The summed E-state index contributed by atoms with van der Waals surface area (Å²) in [6.07, 6.45) is 7.90. The molecule has 7 rings (SSSR count). The fraction of sp³-hybridized carbons (Fsp3) is 0.243. The van der Waals surface area contributed by atoms with E-state index in [-0.39, 0.29) is 18.6 Å². The second-order valence-corrected chi connectivity index (χ2v) is 11.9. The van der Waals surface area contributed by atoms with Crippen LogP contribution in [0.4, 0.5) is 11.5 Å². The van der Waals surface area contributed by atoms with Gasteiger partial charge in [0.05, 0.1) is 12.0 Å². The van der Waals surface area contributed by atoms with Crippen LogP contribution < -0.4 is 10.8 Å². The Labute approximate surface area is 266 Å². The summed E-state index contributed by atoms with van der Waals surface area (Å²) in [7, 11) is 0. The smallest absolute Gasteiger partial charge is 0.157 e. The molecule has 0 radical (unpaired) electrons. The van der Waals surface area contributed by atoms with E-state index in [0.717, 1.165) is 69.9 Å². The molecule has 0 bridgehead atoms. The van der Waals surface area contributed by atoms with Gasteiger partial charge >= 0.3 is 0 Å². The number of likely N-dealkylation sites (tertiary alicyclic amines) is 1. The van der Waals surface area contributed by atoms with Crippen molar-refractivity contribution in [3.8, 4) is 28.5 Å². The van der Waals surface area contributed by atoms with E-state index in [9.17, 15) is 10.4 Å². The van der Waals surface area contributed by atoms with Crippen LogP contribution in [0.25, 0.3) is 44.3 Å². The topological polar surface area (TPSA) is 127 Å². The van der Waals surface area contributed by atoms with Crippen LogP contribution in [0.5, 0.6) is 0 Å². The molecule has 0 unspecified atom stereocenters. The molecule has 0 saturated carbocycles. The summed E-state index contributed by atoms with van der Waals surface area (Å²) >= 11 is 0. The maximum Gasteiger partial charge on any atom is 0.157 e. The number of nitrogens with zero attached hydrogens (tertiary/aromatic N) is 5. The molecule has 1 aliphatic rings. The zero-order valence-electron chi connectivity index (χ0n) is 26.0. The van der Waals surface area contributed by atoms with Crippen molar-refractivity contribution < 1.29 is 9.52 Å². The highest BCUT2D eigenvalue weighted by molar-refractivity contribution is 5.92. The number of pyridine rings is 3. The number of benzene rings is 2. The van der Waals surface area contributed by atoms with Crippen molar-refractivity contribution in [1.29, 1.82) is 10.7 Å². The molecule has 1 aliphatic heterocycles. The van der Waals surface area contributed by atoms with E-state index in [0.29, 0.717) is 22.3 Å². The fourth-order valence-electron chi connectivity index (χ4n) is 6.56. The highest BCUT2D eigenvalue weighted by Crippen LogP contribution is 2.38. The zero-order valence-corrected chi connectivity index (χ0v) is 26.0. The summed E-state index contributed by atoms with van der Waals surface area (Å²) in [6.45, 7) is 7.49. The number of rotatable bonds is 8. The summed E-state index contributed by atoms with van der Waals surface area (Å²) in [5, 5.41) is 33.0. The molecule has 1 saturated heterocycles. The minimum absolute atomic E-state index is 0.126. The molecule has 46 heavy (non-hydrogen) atoms. The van der Waals surface area contributed by atoms with Crippen LogP contribution in [0.15, 0.2) is 77.6 Å². The molecule has 4 aromatic heterocycles. The molecule has 3 N–H and O–H groups in total. The van der Waals surface area contributed by atoms with E-state index < -0.39 is 0 Å². The van der Waals surface area contributed by atoms with Crippen LogP contribution in [-0.4, -0.2) is 44.2 Å². The Hall–Kier alpha value is -5.30. The normalized spacial score (nSPS) is 13.4. The molecule has 2 aromatic carbocycles. The molecule has 5 heterocycles. The molecule has 6 aromatic rings. The van der Waals surface area contributed by atoms with Gasteiger partial charge in [0.25, 0.3) is 0 Å². The van der Waals surface area contributed by atoms with Gasteiger partial charge in [0, 0.05) is 48.3 Å². The van der Waals surface area contributed by atoms with Crippen molar-refractivity contribution in [3.63, 3.8) is 0 Å². The number of aromatic nitrogens is 3. The average molecular weight is 610 g/mol. The Morgan fingerprint density at radius 1 is 1.00 bits per heavy atom. The van der Waals surface area contributed by atoms with Gasteiger partial charge in [-0.1, -0.05) is 30.3 Å². The molecular formula is C37H35N7O2. The van der Waals surface area contributed by atoms with Crippen LogP contribution in [0.1, 0.15) is 35.1 Å². The van der Waals surface area contributed by atoms with Crippen molar-refractivity contribution >= 4 is 33.4 Å². The van der Waals surface area contributed by atoms with E-state index >= 15 is 0 Å². The average Bonchev–Trinajstić information content (AvgIpc) is 3.75. The predicted molar refractivity (Wildman–Crippen MR) is 180 cm³/mol. The minimum atomic E-state index is -0.126. The molecule has 0 amide bonds. The first-order valence-corrected chi connectivity index (χ1v) is 15.6. The lowest BCUT2D eigenvalue weighted by Crippen LogP contribution is -2.21. The molecule has 230 valence electrons. The summed E-state index contributed by atoms with van der Waals surface area (Å²) < 4.78 is 7.80. The van der Waals surface area contributed by atoms with Gasteiger partial charge in [-0.3, -0.25) is 15.3 Å². The van der Waals surface area contributed by atoms with E-state index in [1.165, 1.54) is 18.4 Å². The second kappa shape index (κ2) is 12.2. The number of fused-ring (bicyclic) bond motifs is 2. The summed E-state index contributed by atoms with van der Waals surface area (Å²) in [4.78, 5) is 12.0. The van der Waals surface area contributed by atoms with Gasteiger partial charge in [0.1, 0.15) is 28.4 Å². The van der Waals surface area contributed by atoms with Crippen molar-refractivity contribution in [2.45, 2.75) is 39.8 Å². The van der Waals surface area contributed by atoms with Crippen LogP contribution in [-0.2, 0) is 13.1 Å². The third-order valence-electron chi connectivity index (χ3n) is 9.00. The summed E-state index contributed by atoms with van der Waals surface area (Å²) in [5.74, 6) is 1.30. The first kappa shape index (κ1) is 29.4. The van der Waals surface area contributed by atoms with Crippen molar-refractivity contribution in [2.75, 3.05) is 25.0 Å². The Balaban J connectivity index is 1.23. The number of nitriles is 1. The van der Waals surface area contributed by atoms with E-state index in [1.807, 2.05) is 42.7 Å². The predicted octanol–water partition coefficient (Wildman–Crippen LogP) is 6.81. The van der Waals surface area contributed by atoms with Gasteiger partial charge in [0.15, 0.2) is 11.4 Å². The largest absolute Gasteiger partial charge is 0.454 e. The van der Waals surface area contributed by atoms with E-state index in [1.54, 1.807) is 10.8 Å². The standard InChI is InChI=1S/C37H35N7O2/c1-23-28(7-5-9-30(23)33-18-31-35(46-33)27(19-38)22-44(15-16-45)36(31)39)29-8-6-10-32(24(29)2)42-37-34-26(11-12-40-37)17-25(20-41-34)21-43-13-3-4-14-43/h5-12,17-18,20,22,39,45H,3-4,13-16,21H2,1-2H3,(H,40,42). The van der Waals surface area contributed by atoms with Gasteiger partial charge in [-0.25, -0.2) is 4.98 Å². The highest BCUT2D eigenvalue weighted by atomic mass is 16.3. The Kier molecular flexibility index (Phi) is 7.83. The van der Waals surface area contributed by atoms with Crippen LogP contribution >= 0.6 is 0 Å². The SMILES string of the molecule is Cc1c(Nc2nccc3cc(CN4CCCC4)cnc23)cccc1-c1cccc(-c2cc3c(=N)n(CCO)cc(C#N)c3o2)c1C. The zero-order chi connectivity index (χ0) is 31.8. The number of anilines is 2. The number of hydrogen-bond acceptors (Lipinski definition) is 8. The third kappa shape index (κ3) is 5.32. The maximum atomic E-state index is 9.77. The Morgan fingerprint density at radius 3 is 2.54 bits per heavy atom. The van der Waals surface area contributed by atoms with Gasteiger partial charge < -0.3 is 19.4 Å². The molecule has 0 atom stereocenters. The molecule has 1 fully saturated rings. The lowest BCUT2D eigenvalue weighted by Gasteiger charge is -2.17. The molecule has 9 heteroatoms.